The predicted octanol–water partition coefficient (Wildman–Crippen LogP) is 12.5. The Balaban J connectivity index is 1.03. The molecule has 2 aliphatic rings. The Morgan fingerprint density at radius 1 is 0.333 bits per heavy atom. The van der Waals surface area contributed by atoms with Crippen LogP contribution >= 0.6 is 22.7 Å². The maximum atomic E-state index is 2.56. The normalized spacial score (nSPS) is 15.0. The first kappa shape index (κ1) is 31.3. The molecular formula is C50H36S2Si2. The molecule has 8 aromatic carbocycles. The standard InChI is InChI=1S/C50H36S2Si2/c1-53(2)43-25-23-34-33(49(43)37-21-19-29(27-45(37)53)31-13-9-17-41-47(31)35-11-5-7-15-39(35)51-41)24-26-44-50(34)38-22-20-30(28-46(38)54(44,3)4)32-14-10-18-42-48(32)36-12-6-8-16-40(36)52-42/h5-28H,1-4H3. The zero-order chi connectivity index (χ0) is 36.1. The topological polar surface area (TPSA) is 0 Å². The van der Waals surface area contributed by atoms with Crippen LogP contribution in [0.15, 0.2) is 146 Å². The highest BCUT2D eigenvalue weighted by Gasteiger charge is 2.42. The van der Waals surface area contributed by atoms with Crippen LogP contribution in [-0.2, 0) is 0 Å². The summed E-state index contributed by atoms with van der Waals surface area (Å²) in [6, 6.07) is 56.3. The molecule has 4 heteroatoms. The van der Waals surface area contributed by atoms with Gasteiger partial charge in [0.15, 0.2) is 0 Å². The smallest absolute Gasteiger partial charge is 0.113 e. The maximum Gasteiger partial charge on any atom is 0.113 e. The number of benzene rings is 8. The molecule has 0 aliphatic carbocycles. The molecule has 0 bridgehead atoms. The quantitative estimate of drug-likeness (QED) is 0.154. The zero-order valence-electron chi connectivity index (χ0n) is 30.7. The van der Waals surface area contributed by atoms with Crippen molar-refractivity contribution in [1.29, 1.82) is 0 Å². The van der Waals surface area contributed by atoms with Crippen molar-refractivity contribution in [2.45, 2.75) is 26.2 Å². The van der Waals surface area contributed by atoms with Crippen molar-refractivity contribution in [2.75, 3.05) is 0 Å². The summed E-state index contributed by atoms with van der Waals surface area (Å²) in [5, 5.41) is 14.6. The van der Waals surface area contributed by atoms with Gasteiger partial charge in [-0.2, -0.15) is 0 Å². The first-order valence-corrected chi connectivity index (χ1v) is 26.6. The molecule has 0 N–H and O–H groups in total. The van der Waals surface area contributed by atoms with Gasteiger partial charge in [-0.15, -0.1) is 22.7 Å². The Bertz CT molecular complexity index is 3060. The summed E-state index contributed by atoms with van der Waals surface area (Å²) in [6.45, 7) is 10.2. The molecule has 0 radical (unpaired) electrons. The highest BCUT2D eigenvalue weighted by atomic mass is 32.1. The Morgan fingerprint density at radius 2 is 0.759 bits per heavy atom. The average Bonchev–Trinajstić information content (AvgIpc) is 3.90. The van der Waals surface area contributed by atoms with Crippen molar-refractivity contribution in [3.63, 3.8) is 0 Å². The lowest BCUT2D eigenvalue weighted by Crippen LogP contribution is -2.49. The van der Waals surface area contributed by atoms with E-state index in [-0.39, 0.29) is 0 Å². The van der Waals surface area contributed by atoms with Crippen LogP contribution in [0, 0.1) is 0 Å². The summed E-state index contributed by atoms with van der Waals surface area (Å²) >= 11 is 3.81. The molecule has 0 nitrogen and oxygen atoms in total. The molecule has 0 amide bonds. The minimum atomic E-state index is -1.96. The molecule has 2 aromatic heterocycles. The minimum Gasteiger partial charge on any atom is -0.135 e. The minimum absolute atomic E-state index is 1.34. The Kier molecular flexibility index (Phi) is 6.23. The van der Waals surface area contributed by atoms with E-state index >= 15 is 0 Å². The highest BCUT2D eigenvalue weighted by Crippen LogP contribution is 2.45. The molecule has 0 saturated carbocycles. The van der Waals surface area contributed by atoms with E-state index in [0.717, 1.165) is 0 Å². The van der Waals surface area contributed by atoms with Gasteiger partial charge in [-0.25, -0.2) is 0 Å². The van der Waals surface area contributed by atoms with Gasteiger partial charge in [-0.1, -0.05) is 148 Å². The van der Waals surface area contributed by atoms with Crippen LogP contribution < -0.4 is 20.7 Å². The Morgan fingerprint density at radius 3 is 1.22 bits per heavy atom. The van der Waals surface area contributed by atoms with Gasteiger partial charge in [0.05, 0.1) is 0 Å². The number of thiophene rings is 2. The van der Waals surface area contributed by atoms with E-state index in [1.165, 1.54) is 95.6 Å². The van der Waals surface area contributed by atoms with Crippen molar-refractivity contribution < 1.29 is 0 Å². The molecule has 0 atom stereocenters. The summed E-state index contributed by atoms with van der Waals surface area (Å²) in [7, 11) is -3.93. The first-order chi connectivity index (χ1) is 26.3. The summed E-state index contributed by atoms with van der Waals surface area (Å²) in [6.07, 6.45) is 0. The highest BCUT2D eigenvalue weighted by molar-refractivity contribution is 7.26. The van der Waals surface area contributed by atoms with Crippen molar-refractivity contribution in [3.8, 4) is 44.5 Å². The fourth-order valence-corrected chi connectivity index (χ4v) is 18.7. The van der Waals surface area contributed by atoms with Crippen molar-refractivity contribution in [3.05, 3.63) is 146 Å². The molecule has 0 saturated heterocycles. The SMILES string of the molecule is C[Si]1(C)c2cc(-c3cccc4sc5ccccc5c34)ccc2-c2c1ccc1c3c(ccc21)[Si](C)(C)c1cc(-c2cccc4sc5ccccc5c24)ccc1-3. The van der Waals surface area contributed by atoms with Crippen LogP contribution in [0.5, 0.6) is 0 Å². The molecule has 0 fully saturated rings. The molecule has 54 heavy (non-hydrogen) atoms. The van der Waals surface area contributed by atoms with Crippen LogP contribution in [0.3, 0.4) is 0 Å². The molecule has 12 rings (SSSR count). The number of rotatable bonds is 2. The lowest BCUT2D eigenvalue weighted by atomic mass is 9.91. The van der Waals surface area contributed by atoms with E-state index in [2.05, 4.69) is 172 Å². The van der Waals surface area contributed by atoms with Crippen molar-refractivity contribution in [2.24, 2.45) is 0 Å². The summed E-state index contributed by atoms with van der Waals surface area (Å²) in [4.78, 5) is 0. The van der Waals surface area contributed by atoms with Crippen LogP contribution in [0.1, 0.15) is 0 Å². The Labute approximate surface area is 325 Å². The van der Waals surface area contributed by atoms with Gasteiger partial charge in [-0.3, -0.25) is 0 Å². The van der Waals surface area contributed by atoms with E-state index in [0.29, 0.717) is 0 Å². The van der Waals surface area contributed by atoms with Gasteiger partial charge in [0.25, 0.3) is 0 Å². The van der Waals surface area contributed by atoms with Gasteiger partial charge in [0.2, 0.25) is 0 Å². The predicted molar refractivity (Wildman–Crippen MR) is 245 cm³/mol. The van der Waals surface area contributed by atoms with Gasteiger partial charge >= 0.3 is 0 Å². The molecular weight excluding hydrogens is 721 g/mol. The van der Waals surface area contributed by atoms with E-state index in [1.807, 2.05) is 22.7 Å². The molecule has 4 heterocycles. The monoisotopic (exact) mass is 756 g/mol. The van der Waals surface area contributed by atoms with Crippen LogP contribution in [0.4, 0.5) is 0 Å². The largest absolute Gasteiger partial charge is 0.135 e. The van der Waals surface area contributed by atoms with Gasteiger partial charge in [-0.05, 0) is 100 Å². The summed E-state index contributed by atoms with van der Waals surface area (Å²) < 4.78 is 5.45. The second kappa shape index (κ2) is 10.8. The molecule has 10 aromatic rings. The summed E-state index contributed by atoms with van der Waals surface area (Å²) in [5.74, 6) is 0. The van der Waals surface area contributed by atoms with E-state index < -0.39 is 16.1 Å². The number of fused-ring (bicyclic) bond motifs is 15. The lowest BCUT2D eigenvalue weighted by molar-refractivity contribution is 1.68. The van der Waals surface area contributed by atoms with Crippen molar-refractivity contribution in [1.82, 2.24) is 0 Å². The van der Waals surface area contributed by atoms with Crippen LogP contribution in [0.25, 0.3) is 95.6 Å². The third kappa shape index (κ3) is 4.01. The Hall–Kier alpha value is -5.11. The summed E-state index contributed by atoms with van der Waals surface area (Å²) in [5.41, 5.74) is 11.2. The number of hydrogen-bond acceptors (Lipinski definition) is 2. The molecule has 0 unspecified atom stereocenters. The fraction of sp³-hybridized carbons (Fsp3) is 0.0800. The third-order valence-electron chi connectivity index (χ3n) is 12.9. The second-order valence-electron chi connectivity index (χ2n) is 16.4. The number of hydrogen-bond donors (Lipinski definition) is 0. The third-order valence-corrected chi connectivity index (χ3v) is 22.2. The maximum absolute atomic E-state index is 2.56. The average molecular weight is 757 g/mol. The molecule has 256 valence electrons. The van der Waals surface area contributed by atoms with E-state index in [9.17, 15) is 0 Å². The van der Waals surface area contributed by atoms with E-state index in [1.54, 1.807) is 20.7 Å². The molecule has 2 aliphatic heterocycles. The molecule has 0 spiro atoms. The fourth-order valence-electron chi connectivity index (χ4n) is 10.2. The zero-order valence-corrected chi connectivity index (χ0v) is 34.3. The van der Waals surface area contributed by atoms with Gasteiger partial charge in [0, 0.05) is 40.3 Å². The van der Waals surface area contributed by atoms with Crippen molar-refractivity contribution >= 4 is 111 Å². The van der Waals surface area contributed by atoms with Gasteiger partial charge in [0.1, 0.15) is 16.1 Å². The second-order valence-corrected chi connectivity index (χ2v) is 27.2. The first-order valence-electron chi connectivity index (χ1n) is 19.0. The van der Waals surface area contributed by atoms with Crippen LogP contribution in [-0.4, -0.2) is 16.1 Å². The lowest BCUT2D eigenvalue weighted by Gasteiger charge is -2.21. The van der Waals surface area contributed by atoms with Gasteiger partial charge < -0.3 is 0 Å². The van der Waals surface area contributed by atoms with Crippen LogP contribution in [0.2, 0.25) is 26.2 Å². The van der Waals surface area contributed by atoms with E-state index in [4.69, 9.17) is 0 Å².